The van der Waals surface area contributed by atoms with Crippen LogP contribution in [0.2, 0.25) is 0 Å². The third kappa shape index (κ3) is 8.29. The Kier molecular flexibility index (Phi) is 5.62. The van der Waals surface area contributed by atoms with Gasteiger partial charge in [-0.05, 0) is 24.7 Å². The molecule has 2 unspecified atom stereocenters. The summed E-state index contributed by atoms with van der Waals surface area (Å²) in [7, 11) is 0. The summed E-state index contributed by atoms with van der Waals surface area (Å²) < 4.78 is 0. The van der Waals surface area contributed by atoms with E-state index < -0.39 is 0 Å². The minimum absolute atomic E-state index is 0.406. The van der Waals surface area contributed by atoms with Crippen LogP contribution in [0, 0.1) is 11.3 Å². The van der Waals surface area contributed by atoms with Gasteiger partial charge in [-0.1, -0.05) is 41.0 Å². The largest absolute Gasteiger partial charge is 0.314 e. The van der Waals surface area contributed by atoms with Crippen molar-refractivity contribution in [3.63, 3.8) is 0 Å². The molecule has 0 radical (unpaired) electrons. The number of rotatable bonds is 5. The Hall–Kier alpha value is -0.0400. The van der Waals surface area contributed by atoms with E-state index >= 15 is 0 Å². The van der Waals surface area contributed by atoms with Crippen LogP contribution in [0.25, 0.3) is 0 Å². The van der Waals surface area contributed by atoms with E-state index in [1.54, 1.807) is 0 Å². The third-order valence-electron chi connectivity index (χ3n) is 2.43. The van der Waals surface area contributed by atoms with Crippen LogP contribution < -0.4 is 5.32 Å². The lowest BCUT2D eigenvalue weighted by molar-refractivity contribution is 0.330. The van der Waals surface area contributed by atoms with Gasteiger partial charge in [0, 0.05) is 12.6 Å². The smallest absolute Gasteiger partial charge is 0.00414 e. The molecule has 0 aliphatic heterocycles. The number of hydrogen-bond acceptors (Lipinski definition) is 1. The van der Waals surface area contributed by atoms with Gasteiger partial charge in [0.2, 0.25) is 0 Å². The molecule has 0 aromatic rings. The standard InChI is InChI=1S/C12H27N/c1-7-10(2)8-11(3)13-9-12(4,5)6/h10-11,13H,7-9H2,1-6H3. The first-order chi connectivity index (χ1) is 5.85. The monoisotopic (exact) mass is 185 g/mol. The maximum absolute atomic E-state index is 3.59. The summed E-state index contributed by atoms with van der Waals surface area (Å²) in [5, 5.41) is 3.59. The van der Waals surface area contributed by atoms with Gasteiger partial charge in [-0.3, -0.25) is 0 Å². The first-order valence-electron chi connectivity index (χ1n) is 5.58. The number of hydrogen-bond donors (Lipinski definition) is 1. The van der Waals surface area contributed by atoms with E-state index in [1.807, 2.05) is 0 Å². The molecule has 0 amide bonds. The van der Waals surface area contributed by atoms with Crippen LogP contribution >= 0.6 is 0 Å². The number of nitrogens with one attached hydrogen (secondary N) is 1. The van der Waals surface area contributed by atoms with Crippen LogP contribution in [0.15, 0.2) is 0 Å². The Bertz CT molecular complexity index is 124. The van der Waals surface area contributed by atoms with Crippen LogP contribution in [0.4, 0.5) is 0 Å². The lowest BCUT2D eigenvalue weighted by atomic mass is 9.95. The van der Waals surface area contributed by atoms with E-state index in [1.165, 1.54) is 12.8 Å². The molecule has 0 saturated heterocycles. The second-order valence-electron chi connectivity index (χ2n) is 5.59. The predicted molar refractivity (Wildman–Crippen MR) is 61.0 cm³/mol. The van der Waals surface area contributed by atoms with Crippen molar-refractivity contribution in [2.45, 2.75) is 60.4 Å². The zero-order valence-electron chi connectivity index (χ0n) is 10.3. The average Bonchev–Trinajstić information content (AvgIpc) is 1.99. The molecule has 0 saturated carbocycles. The predicted octanol–water partition coefficient (Wildman–Crippen LogP) is 3.45. The van der Waals surface area contributed by atoms with Crippen molar-refractivity contribution in [2.24, 2.45) is 11.3 Å². The highest BCUT2D eigenvalue weighted by atomic mass is 14.9. The van der Waals surface area contributed by atoms with E-state index in [-0.39, 0.29) is 0 Å². The maximum Gasteiger partial charge on any atom is 0.00414 e. The van der Waals surface area contributed by atoms with Crippen molar-refractivity contribution in [3.05, 3.63) is 0 Å². The molecule has 0 spiro atoms. The molecule has 0 aliphatic carbocycles. The van der Waals surface area contributed by atoms with Crippen LogP contribution in [0.3, 0.4) is 0 Å². The summed E-state index contributed by atoms with van der Waals surface area (Å²) in [5.41, 5.74) is 0.406. The second kappa shape index (κ2) is 5.64. The quantitative estimate of drug-likeness (QED) is 0.692. The van der Waals surface area contributed by atoms with Crippen molar-refractivity contribution in [1.82, 2.24) is 5.32 Å². The van der Waals surface area contributed by atoms with Crippen molar-refractivity contribution >= 4 is 0 Å². The minimum atomic E-state index is 0.406. The van der Waals surface area contributed by atoms with Gasteiger partial charge in [-0.2, -0.15) is 0 Å². The van der Waals surface area contributed by atoms with Gasteiger partial charge in [-0.15, -0.1) is 0 Å². The first kappa shape index (κ1) is 13.0. The highest BCUT2D eigenvalue weighted by Crippen LogP contribution is 2.13. The minimum Gasteiger partial charge on any atom is -0.314 e. The fourth-order valence-electron chi connectivity index (χ4n) is 1.33. The van der Waals surface area contributed by atoms with E-state index in [0.717, 1.165) is 12.5 Å². The Morgan fingerprint density at radius 1 is 1.15 bits per heavy atom. The fourth-order valence-corrected chi connectivity index (χ4v) is 1.33. The molecule has 1 nitrogen and oxygen atoms in total. The van der Waals surface area contributed by atoms with Crippen molar-refractivity contribution in [1.29, 1.82) is 0 Å². The topological polar surface area (TPSA) is 12.0 Å². The summed E-state index contributed by atoms with van der Waals surface area (Å²) in [6, 6.07) is 0.661. The molecule has 2 atom stereocenters. The molecule has 0 aromatic heterocycles. The van der Waals surface area contributed by atoms with E-state index in [4.69, 9.17) is 0 Å². The van der Waals surface area contributed by atoms with Gasteiger partial charge >= 0.3 is 0 Å². The summed E-state index contributed by atoms with van der Waals surface area (Å²) in [6.45, 7) is 14.8. The Morgan fingerprint density at radius 3 is 2.08 bits per heavy atom. The Labute approximate surface area is 84.3 Å². The van der Waals surface area contributed by atoms with Crippen molar-refractivity contribution in [2.75, 3.05) is 6.54 Å². The molecule has 0 aromatic carbocycles. The van der Waals surface area contributed by atoms with E-state index in [0.29, 0.717) is 11.5 Å². The fraction of sp³-hybridized carbons (Fsp3) is 1.00. The van der Waals surface area contributed by atoms with Crippen LogP contribution in [-0.2, 0) is 0 Å². The summed E-state index contributed by atoms with van der Waals surface area (Å²) in [5.74, 6) is 0.850. The Morgan fingerprint density at radius 2 is 1.69 bits per heavy atom. The van der Waals surface area contributed by atoms with Gasteiger partial charge in [0.15, 0.2) is 0 Å². The molecule has 1 heteroatoms. The SMILES string of the molecule is CCC(C)CC(C)NCC(C)(C)C. The normalized spacial score (nSPS) is 17.1. The summed E-state index contributed by atoms with van der Waals surface area (Å²) in [4.78, 5) is 0. The van der Waals surface area contributed by atoms with Crippen LogP contribution in [0.1, 0.15) is 54.4 Å². The Balaban J connectivity index is 3.57. The van der Waals surface area contributed by atoms with Gasteiger partial charge in [0.05, 0.1) is 0 Å². The first-order valence-corrected chi connectivity index (χ1v) is 5.58. The van der Waals surface area contributed by atoms with Gasteiger partial charge < -0.3 is 5.32 Å². The zero-order valence-corrected chi connectivity index (χ0v) is 10.3. The lowest BCUT2D eigenvalue weighted by Crippen LogP contribution is -2.34. The highest BCUT2D eigenvalue weighted by molar-refractivity contribution is 4.70. The average molecular weight is 185 g/mol. The molecule has 80 valence electrons. The molecule has 13 heavy (non-hydrogen) atoms. The summed E-state index contributed by atoms with van der Waals surface area (Å²) in [6.07, 6.45) is 2.59. The summed E-state index contributed by atoms with van der Waals surface area (Å²) >= 11 is 0. The second-order valence-corrected chi connectivity index (χ2v) is 5.59. The molecular weight excluding hydrogens is 158 g/mol. The van der Waals surface area contributed by atoms with Gasteiger partial charge in [0.25, 0.3) is 0 Å². The van der Waals surface area contributed by atoms with E-state index in [9.17, 15) is 0 Å². The molecule has 0 aliphatic rings. The molecule has 0 bridgehead atoms. The lowest BCUT2D eigenvalue weighted by Gasteiger charge is -2.24. The maximum atomic E-state index is 3.59. The van der Waals surface area contributed by atoms with E-state index in [2.05, 4.69) is 46.9 Å². The molecule has 0 fully saturated rings. The molecular formula is C12H27N. The van der Waals surface area contributed by atoms with Crippen molar-refractivity contribution < 1.29 is 0 Å². The molecule has 0 heterocycles. The van der Waals surface area contributed by atoms with Crippen LogP contribution in [0.5, 0.6) is 0 Å². The third-order valence-corrected chi connectivity index (χ3v) is 2.43. The molecule has 0 rings (SSSR count). The molecule has 1 N–H and O–H groups in total. The highest BCUT2D eigenvalue weighted by Gasteiger charge is 2.12. The van der Waals surface area contributed by atoms with Gasteiger partial charge in [0.1, 0.15) is 0 Å². The van der Waals surface area contributed by atoms with Crippen LogP contribution in [-0.4, -0.2) is 12.6 Å². The van der Waals surface area contributed by atoms with Gasteiger partial charge in [-0.25, -0.2) is 0 Å². The zero-order chi connectivity index (χ0) is 10.5. The van der Waals surface area contributed by atoms with Crippen molar-refractivity contribution in [3.8, 4) is 0 Å².